The summed E-state index contributed by atoms with van der Waals surface area (Å²) in [6.45, 7) is 8.82. The molecule has 0 saturated carbocycles. The normalized spacial score (nSPS) is 12.9. The summed E-state index contributed by atoms with van der Waals surface area (Å²) in [5, 5.41) is 0. The van der Waals surface area contributed by atoms with Crippen LogP contribution >= 0.6 is 0 Å². The van der Waals surface area contributed by atoms with Crippen LogP contribution in [0.15, 0.2) is 11.6 Å². The Labute approximate surface area is 59.0 Å². The van der Waals surface area contributed by atoms with Crippen LogP contribution in [0.25, 0.3) is 0 Å². The summed E-state index contributed by atoms with van der Waals surface area (Å²) >= 11 is 0. The number of hydrogen-bond acceptors (Lipinski definition) is 0. The van der Waals surface area contributed by atoms with Crippen LogP contribution in [0.3, 0.4) is 0 Å². The van der Waals surface area contributed by atoms with Gasteiger partial charge in [-0.15, -0.1) is 0 Å². The van der Waals surface area contributed by atoms with E-state index in [9.17, 15) is 0 Å². The van der Waals surface area contributed by atoms with Crippen molar-refractivity contribution in [2.75, 3.05) is 0 Å². The van der Waals surface area contributed by atoms with E-state index in [-0.39, 0.29) is 0 Å². The highest BCUT2D eigenvalue weighted by Crippen LogP contribution is 2.08. The number of rotatable bonds is 3. The largest absolute Gasteiger partial charge is 0.0830 e. The summed E-state index contributed by atoms with van der Waals surface area (Å²) in [5.74, 6) is 0.778. The Morgan fingerprint density at radius 2 is 2.00 bits per heavy atom. The molecule has 0 nitrogen and oxygen atoms in total. The van der Waals surface area contributed by atoms with Crippen molar-refractivity contribution in [3.05, 3.63) is 11.6 Å². The first kappa shape index (κ1) is 8.74. The lowest BCUT2D eigenvalue weighted by atomic mass is 10.0. The summed E-state index contributed by atoms with van der Waals surface area (Å²) in [4.78, 5) is 0. The Morgan fingerprint density at radius 1 is 1.44 bits per heavy atom. The first-order valence-electron chi connectivity index (χ1n) is 3.81. The van der Waals surface area contributed by atoms with Crippen molar-refractivity contribution >= 4 is 0 Å². The highest BCUT2D eigenvalue weighted by atomic mass is 14.0. The summed E-state index contributed by atoms with van der Waals surface area (Å²) in [5.41, 5.74) is 1.44. The Balaban J connectivity index is 3.49. The summed E-state index contributed by atoms with van der Waals surface area (Å²) in [6, 6.07) is 0. The van der Waals surface area contributed by atoms with Crippen LogP contribution in [-0.2, 0) is 0 Å². The van der Waals surface area contributed by atoms with Gasteiger partial charge in [-0.05, 0) is 26.2 Å². The third kappa shape index (κ3) is 5.61. The minimum absolute atomic E-state index is 0.778. The van der Waals surface area contributed by atoms with Crippen LogP contribution in [0.5, 0.6) is 0 Å². The molecule has 0 radical (unpaired) electrons. The molecule has 54 valence electrons. The van der Waals surface area contributed by atoms with Crippen molar-refractivity contribution in [1.29, 1.82) is 0 Å². The van der Waals surface area contributed by atoms with Gasteiger partial charge < -0.3 is 0 Å². The topological polar surface area (TPSA) is 0 Å². The van der Waals surface area contributed by atoms with Gasteiger partial charge in [0, 0.05) is 0 Å². The van der Waals surface area contributed by atoms with Crippen LogP contribution in [0.2, 0.25) is 0 Å². The molecule has 0 spiro atoms. The molecule has 1 atom stereocenters. The molecule has 0 rings (SSSR count). The Bertz CT molecular complexity index is 86.2. The molecule has 0 heterocycles. The Morgan fingerprint density at radius 3 is 2.33 bits per heavy atom. The lowest BCUT2D eigenvalue weighted by molar-refractivity contribution is 0.630. The van der Waals surface area contributed by atoms with Crippen molar-refractivity contribution in [3.8, 4) is 0 Å². The van der Waals surface area contributed by atoms with Gasteiger partial charge in [0.2, 0.25) is 0 Å². The zero-order valence-corrected chi connectivity index (χ0v) is 7.07. The SMILES string of the molecule is CCCC(C)C=C(C)C. The molecule has 1 unspecified atom stereocenters. The minimum atomic E-state index is 0.778. The maximum absolute atomic E-state index is 2.34. The quantitative estimate of drug-likeness (QED) is 0.508. The van der Waals surface area contributed by atoms with E-state index in [1.165, 1.54) is 18.4 Å². The first-order chi connectivity index (χ1) is 4.16. The van der Waals surface area contributed by atoms with Gasteiger partial charge in [-0.1, -0.05) is 31.9 Å². The van der Waals surface area contributed by atoms with E-state index in [0.717, 1.165) is 5.92 Å². The highest BCUT2D eigenvalue weighted by molar-refractivity contribution is 4.95. The lowest BCUT2D eigenvalue weighted by Gasteiger charge is -2.02. The standard InChI is InChI=1S/C9H18/c1-5-6-9(4)7-8(2)3/h7,9H,5-6H2,1-4H3. The molecule has 0 aliphatic rings. The maximum Gasteiger partial charge on any atom is -0.0260 e. The van der Waals surface area contributed by atoms with Gasteiger partial charge >= 0.3 is 0 Å². The average Bonchev–Trinajstić information content (AvgIpc) is 1.63. The van der Waals surface area contributed by atoms with Gasteiger partial charge in [-0.3, -0.25) is 0 Å². The van der Waals surface area contributed by atoms with E-state index >= 15 is 0 Å². The monoisotopic (exact) mass is 126 g/mol. The van der Waals surface area contributed by atoms with E-state index in [2.05, 4.69) is 33.8 Å². The molecule has 0 heteroatoms. The summed E-state index contributed by atoms with van der Waals surface area (Å²) < 4.78 is 0. The van der Waals surface area contributed by atoms with Crippen LogP contribution in [-0.4, -0.2) is 0 Å². The van der Waals surface area contributed by atoms with Crippen molar-refractivity contribution in [3.63, 3.8) is 0 Å². The van der Waals surface area contributed by atoms with E-state index in [1.54, 1.807) is 0 Å². The van der Waals surface area contributed by atoms with Crippen LogP contribution in [0.4, 0.5) is 0 Å². The molecule has 9 heavy (non-hydrogen) atoms. The van der Waals surface area contributed by atoms with Gasteiger partial charge in [-0.25, -0.2) is 0 Å². The second kappa shape index (κ2) is 4.60. The third-order valence-electron chi connectivity index (χ3n) is 1.36. The molecule has 0 aliphatic heterocycles. The molecule has 0 N–H and O–H groups in total. The van der Waals surface area contributed by atoms with Gasteiger partial charge in [0.1, 0.15) is 0 Å². The Kier molecular flexibility index (Phi) is 4.47. The second-order valence-corrected chi connectivity index (χ2v) is 3.01. The molecule has 0 aromatic heterocycles. The van der Waals surface area contributed by atoms with Crippen LogP contribution in [0.1, 0.15) is 40.5 Å². The predicted molar refractivity (Wildman–Crippen MR) is 43.5 cm³/mol. The molecule has 0 aromatic carbocycles. The predicted octanol–water partition coefficient (Wildman–Crippen LogP) is 3.39. The van der Waals surface area contributed by atoms with Crippen molar-refractivity contribution in [2.24, 2.45) is 5.92 Å². The fourth-order valence-electron chi connectivity index (χ4n) is 1.11. The van der Waals surface area contributed by atoms with Crippen LogP contribution in [0, 0.1) is 5.92 Å². The zero-order valence-electron chi connectivity index (χ0n) is 7.07. The molecule has 0 aliphatic carbocycles. The average molecular weight is 126 g/mol. The summed E-state index contributed by atoms with van der Waals surface area (Å²) in [6.07, 6.45) is 4.96. The van der Waals surface area contributed by atoms with Gasteiger partial charge in [0.05, 0.1) is 0 Å². The fraction of sp³-hybridized carbons (Fsp3) is 0.778. The smallest absolute Gasteiger partial charge is 0.0260 e. The Hall–Kier alpha value is -0.260. The number of hydrogen-bond donors (Lipinski definition) is 0. The van der Waals surface area contributed by atoms with Crippen molar-refractivity contribution < 1.29 is 0 Å². The maximum atomic E-state index is 2.34. The molecular formula is C9H18. The molecule has 0 bridgehead atoms. The molecule has 0 aromatic rings. The first-order valence-corrected chi connectivity index (χ1v) is 3.81. The summed E-state index contributed by atoms with van der Waals surface area (Å²) in [7, 11) is 0. The third-order valence-corrected chi connectivity index (χ3v) is 1.36. The molecule has 0 saturated heterocycles. The van der Waals surface area contributed by atoms with Crippen molar-refractivity contribution in [2.45, 2.75) is 40.5 Å². The van der Waals surface area contributed by atoms with E-state index in [0.29, 0.717) is 0 Å². The minimum Gasteiger partial charge on any atom is -0.0830 e. The molecule has 0 amide bonds. The second-order valence-electron chi connectivity index (χ2n) is 3.01. The lowest BCUT2D eigenvalue weighted by Crippen LogP contribution is -1.87. The van der Waals surface area contributed by atoms with E-state index < -0.39 is 0 Å². The van der Waals surface area contributed by atoms with E-state index in [1.807, 2.05) is 0 Å². The van der Waals surface area contributed by atoms with Crippen LogP contribution < -0.4 is 0 Å². The highest BCUT2D eigenvalue weighted by Gasteiger charge is 1.93. The zero-order chi connectivity index (χ0) is 7.28. The number of allylic oxidation sites excluding steroid dienone is 2. The molecular weight excluding hydrogens is 108 g/mol. The molecule has 0 fully saturated rings. The van der Waals surface area contributed by atoms with Gasteiger partial charge in [0.25, 0.3) is 0 Å². The fourth-order valence-corrected chi connectivity index (χ4v) is 1.11. The van der Waals surface area contributed by atoms with Crippen molar-refractivity contribution in [1.82, 2.24) is 0 Å². The van der Waals surface area contributed by atoms with Gasteiger partial charge in [-0.2, -0.15) is 0 Å². The van der Waals surface area contributed by atoms with E-state index in [4.69, 9.17) is 0 Å². The van der Waals surface area contributed by atoms with Gasteiger partial charge in [0.15, 0.2) is 0 Å².